The first kappa shape index (κ1) is 21.1. The molecule has 7 heteroatoms. The molecule has 1 aliphatic rings. The lowest BCUT2D eigenvalue weighted by Gasteiger charge is -2.25. The zero-order valence-electron chi connectivity index (χ0n) is 16.4. The lowest BCUT2D eigenvalue weighted by atomic mass is 9.95. The van der Waals surface area contributed by atoms with Gasteiger partial charge in [0, 0.05) is 23.7 Å². The van der Waals surface area contributed by atoms with Crippen molar-refractivity contribution in [3.63, 3.8) is 0 Å². The molecule has 2 aromatic rings. The summed E-state index contributed by atoms with van der Waals surface area (Å²) in [5, 5.41) is 11.0. The molecule has 0 unspecified atom stereocenters. The van der Waals surface area contributed by atoms with Crippen LogP contribution in [0.2, 0.25) is 0 Å². The van der Waals surface area contributed by atoms with Gasteiger partial charge in [0.2, 0.25) is 0 Å². The highest BCUT2D eigenvalue weighted by atomic mass is 79.9. The first-order chi connectivity index (χ1) is 13.9. The van der Waals surface area contributed by atoms with E-state index in [4.69, 9.17) is 9.47 Å². The van der Waals surface area contributed by atoms with E-state index in [2.05, 4.69) is 15.9 Å². The number of aliphatic hydroxyl groups excluding tert-OH is 1. The molecule has 0 bridgehead atoms. The van der Waals surface area contributed by atoms with Crippen molar-refractivity contribution in [1.82, 2.24) is 4.90 Å². The number of Topliss-reactive ketones (excluding diaryl/α,β-unsaturated/α-hetero) is 1. The van der Waals surface area contributed by atoms with Gasteiger partial charge in [0.15, 0.2) is 0 Å². The van der Waals surface area contributed by atoms with Crippen molar-refractivity contribution >= 4 is 33.4 Å². The quantitative estimate of drug-likeness (QED) is 0.403. The summed E-state index contributed by atoms with van der Waals surface area (Å²) in [4.78, 5) is 27.1. The van der Waals surface area contributed by atoms with Crippen molar-refractivity contribution in [2.75, 3.05) is 27.4 Å². The molecule has 0 aliphatic carbocycles. The van der Waals surface area contributed by atoms with E-state index < -0.39 is 17.7 Å². The van der Waals surface area contributed by atoms with Crippen LogP contribution >= 0.6 is 15.9 Å². The molecule has 0 saturated carbocycles. The fourth-order valence-electron chi connectivity index (χ4n) is 3.50. The van der Waals surface area contributed by atoms with Gasteiger partial charge in [-0.25, -0.2) is 0 Å². The maximum absolute atomic E-state index is 12.9. The Bertz CT molecular complexity index is 985. The number of aryl methyl sites for hydroxylation is 1. The molecule has 29 heavy (non-hydrogen) atoms. The highest BCUT2D eigenvalue weighted by Crippen LogP contribution is 2.40. The van der Waals surface area contributed by atoms with Crippen molar-refractivity contribution in [3.8, 4) is 5.75 Å². The van der Waals surface area contributed by atoms with Gasteiger partial charge in [0.05, 0.1) is 25.3 Å². The Kier molecular flexibility index (Phi) is 6.39. The molecule has 6 nitrogen and oxygen atoms in total. The van der Waals surface area contributed by atoms with E-state index >= 15 is 0 Å². The molecule has 0 radical (unpaired) electrons. The van der Waals surface area contributed by atoms with Gasteiger partial charge in [0.1, 0.15) is 11.5 Å². The monoisotopic (exact) mass is 459 g/mol. The van der Waals surface area contributed by atoms with Gasteiger partial charge in [-0.05, 0) is 48.4 Å². The van der Waals surface area contributed by atoms with Gasteiger partial charge in [-0.2, -0.15) is 0 Å². The first-order valence-electron chi connectivity index (χ1n) is 9.06. The third-order valence-electron chi connectivity index (χ3n) is 4.91. The van der Waals surface area contributed by atoms with Crippen LogP contribution in [0.25, 0.3) is 5.76 Å². The lowest BCUT2D eigenvalue weighted by molar-refractivity contribution is -0.140. The topological polar surface area (TPSA) is 76.1 Å². The number of likely N-dealkylation sites (tertiary alicyclic amines) is 1. The second-order valence-corrected chi connectivity index (χ2v) is 7.64. The van der Waals surface area contributed by atoms with Crippen molar-refractivity contribution < 1.29 is 24.2 Å². The number of hydrogen-bond acceptors (Lipinski definition) is 5. The van der Waals surface area contributed by atoms with Crippen LogP contribution in [0, 0.1) is 6.92 Å². The minimum Gasteiger partial charge on any atom is -0.507 e. The Morgan fingerprint density at radius 2 is 1.93 bits per heavy atom. The summed E-state index contributed by atoms with van der Waals surface area (Å²) in [6.07, 6.45) is 0. The summed E-state index contributed by atoms with van der Waals surface area (Å²) in [5.74, 6) is -0.902. The van der Waals surface area contributed by atoms with Gasteiger partial charge in [-0.1, -0.05) is 28.1 Å². The first-order valence-corrected chi connectivity index (χ1v) is 9.86. The van der Waals surface area contributed by atoms with Crippen LogP contribution in [0.15, 0.2) is 52.5 Å². The molecule has 3 rings (SSSR count). The minimum atomic E-state index is -0.711. The Balaban J connectivity index is 2.17. The Morgan fingerprint density at radius 3 is 2.55 bits per heavy atom. The molecule has 1 aliphatic heterocycles. The van der Waals surface area contributed by atoms with Crippen LogP contribution < -0.4 is 4.74 Å². The molecule has 1 N–H and O–H groups in total. The highest BCUT2D eigenvalue weighted by molar-refractivity contribution is 9.10. The predicted octanol–water partition coefficient (Wildman–Crippen LogP) is 3.83. The van der Waals surface area contributed by atoms with E-state index in [-0.39, 0.29) is 24.5 Å². The summed E-state index contributed by atoms with van der Waals surface area (Å²) in [7, 11) is 3.10. The Morgan fingerprint density at radius 1 is 1.17 bits per heavy atom. The van der Waals surface area contributed by atoms with E-state index in [1.165, 1.54) is 12.0 Å². The van der Waals surface area contributed by atoms with Gasteiger partial charge in [-0.3, -0.25) is 9.59 Å². The fraction of sp³-hybridized carbons (Fsp3) is 0.273. The van der Waals surface area contributed by atoms with E-state index in [1.54, 1.807) is 25.3 Å². The zero-order valence-corrected chi connectivity index (χ0v) is 18.0. The number of halogens is 1. The number of rotatable bonds is 6. The van der Waals surface area contributed by atoms with Crippen LogP contribution in [-0.2, 0) is 14.3 Å². The molecule has 0 spiro atoms. The zero-order chi connectivity index (χ0) is 21.1. The van der Waals surface area contributed by atoms with Crippen LogP contribution in [-0.4, -0.2) is 49.1 Å². The number of aliphatic hydroxyl groups is 1. The molecule has 152 valence electrons. The third kappa shape index (κ3) is 4.06. The van der Waals surface area contributed by atoms with Crippen molar-refractivity contribution in [1.29, 1.82) is 0 Å². The average Bonchev–Trinajstić information content (AvgIpc) is 2.96. The summed E-state index contributed by atoms with van der Waals surface area (Å²) >= 11 is 3.43. The summed E-state index contributed by atoms with van der Waals surface area (Å²) in [5.41, 5.74) is 2.05. The van der Waals surface area contributed by atoms with Crippen molar-refractivity contribution in [2.45, 2.75) is 13.0 Å². The Labute approximate surface area is 177 Å². The molecular formula is C22H22BrNO5. The summed E-state index contributed by atoms with van der Waals surface area (Å²) < 4.78 is 11.2. The van der Waals surface area contributed by atoms with Gasteiger partial charge >= 0.3 is 0 Å². The Hall–Kier alpha value is -2.64. The van der Waals surface area contributed by atoms with Crippen LogP contribution in [0.3, 0.4) is 0 Å². The summed E-state index contributed by atoms with van der Waals surface area (Å²) in [6.45, 7) is 2.36. The van der Waals surface area contributed by atoms with E-state index in [0.29, 0.717) is 11.3 Å². The number of benzene rings is 2. The van der Waals surface area contributed by atoms with Crippen LogP contribution in [0.5, 0.6) is 5.75 Å². The normalized spacial score (nSPS) is 18.3. The van der Waals surface area contributed by atoms with Crippen LogP contribution in [0.1, 0.15) is 22.7 Å². The second-order valence-electron chi connectivity index (χ2n) is 6.72. The number of carbonyl (C=O) groups excluding carboxylic acids is 2. The average molecular weight is 460 g/mol. The number of amides is 1. The van der Waals surface area contributed by atoms with E-state index in [1.807, 2.05) is 31.2 Å². The minimum absolute atomic E-state index is 0.0637. The number of ketones is 1. The molecule has 1 heterocycles. The number of nitrogens with zero attached hydrogens (tertiary/aromatic N) is 1. The SMILES string of the molecule is COCCN1C(=O)C(=O)C(=C(O)c2ccc(OC)c(C)c2)[C@@H]1c1cccc(Br)c1. The lowest BCUT2D eigenvalue weighted by Crippen LogP contribution is -2.32. The molecular weight excluding hydrogens is 438 g/mol. The second kappa shape index (κ2) is 8.80. The van der Waals surface area contributed by atoms with E-state index in [9.17, 15) is 14.7 Å². The molecule has 1 saturated heterocycles. The molecule has 2 aromatic carbocycles. The van der Waals surface area contributed by atoms with Crippen LogP contribution in [0.4, 0.5) is 0 Å². The van der Waals surface area contributed by atoms with E-state index in [0.717, 1.165) is 15.6 Å². The van der Waals surface area contributed by atoms with Gasteiger partial charge < -0.3 is 19.5 Å². The number of ether oxygens (including phenoxy) is 2. The number of hydrogen-bond donors (Lipinski definition) is 1. The van der Waals surface area contributed by atoms with Gasteiger partial charge in [-0.15, -0.1) is 0 Å². The smallest absolute Gasteiger partial charge is 0.295 e. The molecule has 0 aromatic heterocycles. The maximum atomic E-state index is 12.9. The fourth-order valence-corrected chi connectivity index (χ4v) is 3.92. The molecule has 1 atom stereocenters. The molecule has 1 amide bonds. The highest BCUT2D eigenvalue weighted by Gasteiger charge is 2.45. The van der Waals surface area contributed by atoms with Crippen molar-refractivity contribution in [3.05, 3.63) is 69.2 Å². The van der Waals surface area contributed by atoms with Gasteiger partial charge in [0.25, 0.3) is 11.7 Å². The third-order valence-corrected chi connectivity index (χ3v) is 5.40. The summed E-state index contributed by atoms with van der Waals surface area (Å²) in [6, 6.07) is 11.8. The molecule has 1 fully saturated rings. The predicted molar refractivity (Wildman–Crippen MR) is 113 cm³/mol. The largest absolute Gasteiger partial charge is 0.507 e. The number of carbonyl (C=O) groups is 2. The standard InChI is InChI=1S/C22H22BrNO5/c1-13-11-15(7-8-17(13)29-3)20(25)18-19(14-5-4-6-16(23)12-14)24(9-10-28-2)22(27)21(18)26/h4-8,11-12,19,25H,9-10H2,1-3H3/t19-/m0/s1. The van der Waals surface area contributed by atoms with Crippen molar-refractivity contribution in [2.24, 2.45) is 0 Å². The maximum Gasteiger partial charge on any atom is 0.295 e. The number of methoxy groups -OCH3 is 2.